The van der Waals surface area contributed by atoms with Crippen molar-refractivity contribution in [3.05, 3.63) is 0 Å². The van der Waals surface area contributed by atoms with Crippen LogP contribution in [-0.4, -0.2) is 12.2 Å². The average Bonchev–Trinajstić information content (AvgIpc) is 2.47. The van der Waals surface area contributed by atoms with E-state index in [0.717, 1.165) is 5.92 Å². The molecule has 0 radical (unpaired) electrons. The van der Waals surface area contributed by atoms with Gasteiger partial charge in [0.2, 0.25) is 0 Å². The quantitative estimate of drug-likeness (QED) is 0.531. The highest BCUT2D eigenvalue weighted by Crippen LogP contribution is 2.30. The molecule has 0 N–H and O–H groups in total. The Kier molecular flexibility index (Phi) is 2.12. The first kappa shape index (κ1) is 7.07. The Morgan fingerprint density at radius 3 is 2.44 bits per heavy atom. The molecule has 54 valence electrons. The van der Waals surface area contributed by atoms with E-state index in [1.54, 1.807) is 0 Å². The predicted molar refractivity (Wildman–Crippen MR) is 38.4 cm³/mol. The van der Waals surface area contributed by atoms with Crippen LogP contribution in [0.3, 0.4) is 0 Å². The first-order chi connectivity index (χ1) is 4.25. The summed E-state index contributed by atoms with van der Waals surface area (Å²) >= 11 is 0. The molecule has 1 rings (SSSR count). The third kappa shape index (κ3) is 1.68. The largest absolute Gasteiger partial charge is 0.370 e. The fraction of sp³-hybridized carbons (Fsp3) is 1.00. The smallest absolute Gasteiger partial charge is 0.0864 e. The molecular weight excluding hydrogens is 112 g/mol. The van der Waals surface area contributed by atoms with E-state index in [2.05, 4.69) is 20.8 Å². The maximum Gasteiger partial charge on any atom is 0.0864 e. The number of hydrogen-bond acceptors (Lipinski definition) is 1. The average molecular weight is 128 g/mol. The van der Waals surface area contributed by atoms with Gasteiger partial charge in [0.25, 0.3) is 0 Å². The molecule has 0 spiro atoms. The molecule has 1 nitrogen and oxygen atoms in total. The minimum absolute atomic E-state index is 0.548. The van der Waals surface area contributed by atoms with Gasteiger partial charge in [-0.2, -0.15) is 0 Å². The van der Waals surface area contributed by atoms with Crippen molar-refractivity contribution in [1.29, 1.82) is 0 Å². The van der Waals surface area contributed by atoms with Gasteiger partial charge < -0.3 is 4.74 Å². The fourth-order valence-corrected chi connectivity index (χ4v) is 1.42. The van der Waals surface area contributed by atoms with Crippen LogP contribution in [0, 0.1) is 5.92 Å². The summed E-state index contributed by atoms with van der Waals surface area (Å²) in [6, 6.07) is 0. The van der Waals surface area contributed by atoms with E-state index >= 15 is 0 Å². The Bertz CT molecular complexity index is 90.6. The van der Waals surface area contributed by atoms with Crippen molar-refractivity contribution >= 4 is 0 Å². The van der Waals surface area contributed by atoms with Crippen molar-refractivity contribution in [2.24, 2.45) is 5.92 Å². The summed E-state index contributed by atoms with van der Waals surface area (Å²) in [4.78, 5) is 0. The van der Waals surface area contributed by atoms with Crippen molar-refractivity contribution in [2.75, 3.05) is 0 Å². The third-order valence-electron chi connectivity index (χ3n) is 2.06. The zero-order valence-corrected chi connectivity index (χ0v) is 6.55. The summed E-state index contributed by atoms with van der Waals surface area (Å²) in [6.07, 6.45) is 3.74. The van der Waals surface area contributed by atoms with Crippen molar-refractivity contribution in [3.63, 3.8) is 0 Å². The lowest BCUT2D eigenvalue weighted by Crippen LogP contribution is -2.04. The van der Waals surface area contributed by atoms with Gasteiger partial charge in [0.1, 0.15) is 0 Å². The molecule has 1 heteroatoms. The van der Waals surface area contributed by atoms with E-state index in [0.29, 0.717) is 12.2 Å². The van der Waals surface area contributed by atoms with Crippen LogP contribution in [0.2, 0.25) is 0 Å². The van der Waals surface area contributed by atoms with Gasteiger partial charge in [-0.15, -0.1) is 0 Å². The monoisotopic (exact) mass is 128 g/mol. The van der Waals surface area contributed by atoms with Gasteiger partial charge >= 0.3 is 0 Å². The lowest BCUT2D eigenvalue weighted by atomic mass is 10.0. The second kappa shape index (κ2) is 2.70. The Labute approximate surface area is 57.4 Å². The lowest BCUT2D eigenvalue weighted by Gasteiger charge is -2.03. The zero-order valence-electron chi connectivity index (χ0n) is 6.55. The van der Waals surface area contributed by atoms with E-state index in [1.165, 1.54) is 12.8 Å². The molecule has 1 aliphatic heterocycles. The number of epoxide rings is 1. The van der Waals surface area contributed by atoms with Gasteiger partial charge in [0.05, 0.1) is 12.2 Å². The number of rotatable bonds is 3. The van der Waals surface area contributed by atoms with E-state index in [4.69, 9.17) is 4.74 Å². The topological polar surface area (TPSA) is 12.5 Å². The third-order valence-corrected chi connectivity index (χ3v) is 2.06. The standard InChI is InChI=1S/C8H16O/c1-4-5-6(2)8-7(3)9-8/h6-8H,4-5H2,1-3H3. The molecule has 3 unspecified atom stereocenters. The molecule has 0 aliphatic carbocycles. The Balaban J connectivity index is 2.11. The van der Waals surface area contributed by atoms with Crippen molar-refractivity contribution in [2.45, 2.75) is 45.8 Å². The molecule has 0 amide bonds. The highest BCUT2D eigenvalue weighted by Gasteiger charge is 2.37. The van der Waals surface area contributed by atoms with Crippen LogP contribution in [0.5, 0.6) is 0 Å². The molecule has 1 heterocycles. The van der Waals surface area contributed by atoms with Crippen LogP contribution in [0.4, 0.5) is 0 Å². The molecule has 3 atom stereocenters. The molecule has 0 aromatic rings. The second-order valence-corrected chi connectivity index (χ2v) is 3.07. The summed E-state index contributed by atoms with van der Waals surface area (Å²) in [5.41, 5.74) is 0. The summed E-state index contributed by atoms with van der Waals surface area (Å²) in [6.45, 7) is 6.65. The van der Waals surface area contributed by atoms with Gasteiger partial charge in [-0.1, -0.05) is 20.3 Å². The zero-order chi connectivity index (χ0) is 6.85. The van der Waals surface area contributed by atoms with Crippen LogP contribution in [0.1, 0.15) is 33.6 Å². The van der Waals surface area contributed by atoms with Gasteiger partial charge in [-0.25, -0.2) is 0 Å². The van der Waals surface area contributed by atoms with E-state index in [1.807, 2.05) is 0 Å². The predicted octanol–water partition coefficient (Wildman–Crippen LogP) is 2.21. The highest BCUT2D eigenvalue weighted by molar-refractivity contribution is 4.84. The Morgan fingerprint density at radius 1 is 1.56 bits per heavy atom. The molecule has 9 heavy (non-hydrogen) atoms. The van der Waals surface area contributed by atoms with Gasteiger partial charge in [0, 0.05) is 0 Å². The Hall–Kier alpha value is -0.0400. The van der Waals surface area contributed by atoms with Gasteiger partial charge in [0.15, 0.2) is 0 Å². The Morgan fingerprint density at radius 2 is 2.11 bits per heavy atom. The van der Waals surface area contributed by atoms with Crippen LogP contribution >= 0.6 is 0 Å². The number of hydrogen-bond donors (Lipinski definition) is 0. The van der Waals surface area contributed by atoms with Gasteiger partial charge in [-0.3, -0.25) is 0 Å². The molecule has 1 fully saturated rings. The van der Waals surface area contributed by atoms with E-state index in [9.17, 15) is 0 Å². The highest BCUT2D eigenvalue weighted by atomic mass is 16.6. The first-order valence-electron chi connectivity index (χ1n) is 3.91. The van der Waals surface area contributed by atoms with Crippen LogP contribution in [0.15, 0.2) is 0 Å². The van der Waals surface area contributed by atoms with Gasteiger partial charge in [-0.05, 0) is 19.3 Å². The normalized spacial score (nSPS) is 36.3. The minimum atomic E-state index is 0.548. The van der Waals surface area contributed by atoms with Crippen molar-refractivity contribution in [1.82, 2.24) is 0 Å². The molecule has 0 aromatic carbocycles. The van der Waals surface area contributed by atoms with Crippen molar-refractivity contribution in [3.8, 4) is 0 Å². The van der Waals surface area contributed by atoms with E-state index in [-0.39, 0.29) is 0 Å². The van der Waals surface area contributed by atoms with Crippen molar-refractivity contribution < 1.29 is 4.74 Å². The molecular formula is C8H16O. The van der Waals surface area contributed by atoms with Crippen LogP contribution < -0.4 is 0 Å². The number of ether oxygens (including phenoxy) is 1. The van der Waals surface area contributed by atoms with Crippen LogP contribution in [0.25, 0.3) is 0 Å². The minimum Gasteiger partial charge on any atom is -0.370 e. The lowest BCUT2D eigenvalue weighted by molar-refractivity contribution is 0.319. The summed E-state index contributed by atoms with van der Waals surface area (Å²) in [5.74, 6) is 0.782. The molecule has 0 aromatic heterocycles. The maximum atomic E-state index is 5.33. The second-order valence-electron chi connectivity index (χ2n) is 3.07. The summed E-state index contributed by atoms with van der Waals surface area (Å²) < 4.78 is 5.33. The molecule has 0 bridgehead atoms. The SMILES string of the molecule is CCCC(C)C1OC1C. The van der Waals surface area contributed by atoms with E-state index < -0.39 is 0 Å². The van der Waals surface area contributed by atoms with Crippen LogP contribution in [-0.2, 0) is 4.74 Å². The fourth-order valence-electron chi connectivity index (χ4n) is 1.42. The summed E-state index contributed by atoms with van der Waals surface area (Å²) in [7, 11) is 0. The molecule has 1 saturated heterocycles. The summed E-state index contributed by atoms with van der Waals surface area (Å²) in [5, 5.41) is 0. The maximum absolute atomic E-state index is 5.33. The molecule has 1 aliphatic rings. The molecule has 0 saturated carbocycles. The first-order valence-corrected chi connectivity index (χ1v) is 3.91.